The highest BCUT2D eigenvalue weighted by Gasteiger charge is 2.08. The van der Waals surface area contributed by atoms with Crippen molar-refractivity contribution in [2.45, 2.75) is 0 Å². The topological polar surface area (TPSA) is 54.9 Å². The third-order valence-electron chi connectivity index (χ3n) is 4.96. The van der Waals surface area contributed by atoms with Crippen LogP contribution in [0.3, 0.4) is 0 Å². The molecule has 2 aromatic heterocycles. The summed E-state index contributed by atoms with van der Waals surface area (Å²) < 4.78 is 0. The lowest BCUT2D eigenvalue weighted by molar-refractivity contribution is 0.102. The number of benzene rings is 3. The van der Waals surface area contributed by atoms with Crippen LogP contribution in [0.2, 0.25) is 0 Å². The van der Waals surface area contributed by atoms with Crippen LogP contribution in [-0.4, -0.2) is 15.9 Å². The standard InChI is InChI=1S/C25H17N3O/c29-25(28-23-10-9-17-3-2-12-27-24(17)15-23)21-8-7-18-13-20(6-5-19(18)14-21)22-4-1-11-26-16-22/h1-16H,(H,28,29). The lowest BCUT2D eigenvalue weighted by atomic mass is 10.0. The van der Waals surface area contributed by atoms with Gasteiger partial charge in [0.2, 0.25) is 0 Å². The summed E-state index contributed by atoms with van der Waals surface area (Å²) in [5.74, 6) is -0.140. The SMILES string of the molecule is O=C(Nc1ccc2cccnc2c1)c1ccc2cc(-c3cccnc3)ccc2c1. The third kappa shape index (κ3) is 3.44. The predicted octanol–water partition coefficient (Wildman–Crippen LogP) is 5.70. The van der Waals surface area contributed by atoms with E-state index in [0.717, 1.165) is 38.5 Å². The van der Waals surface area contributed by atoms with Crippen LogP contribution in [0.15, 0.2) is 97.5 Å². The zero-order valence-corrected chi connectivity index (χ0v) is 15.5. The van der Waals surface area contributed by atoms with E-state index in [-0.39, 0.29) is 5.91 Å². The Kier molecular flexibility index (Phi) is 4.22. The minimum atomic E-state index is -0.140. The van der Waals surface area contributed by atoms with Gasteiger partial charge in [-0.25, -0.2) is 0 Å². The average molecular weight is 375 g/mol. The second kappa shape index (κ2) is 7.17. The molecule has 0 aliphatic heterocycles. The maximum absolute atomic E-state index is 12.7. The maximum atomic E-state index is 12.7. The number of fused-ring (bicyclic) bond motifs is 2. The molecular formula is C25H17N3O. The molecule has 4 nitrogen and oxygen atoms in total. The van der Waals surface area contributed by atoms with Crippen LogP contribution in [0.5, 0.6) is 0 Å². The molecule has 138 valence electrons. The van der Waals surface area contributed by atoms with Gasteiger partial charge in [-0.3, -0.25) is 14.8 Å². The first-order valence-electron chi connectivity index (χ1n) is 9.37. The van der Waals surface area contributed by atoms with E-state index in [2.05, 4.69) is 27.4 Å². The second-order valence-electron chi connectivity index (χ2n) is 6.88. The Labute approximate surface area is 167 Å². The summed E-state index contributed by atoms with van der Waals surface area (Å²) in [6.45, 7) is 0. The van der Waals surface area contributed by atoms with Crippen molar-refractivity contribution in [1.82, 2.24) is 9.97 Å². The molecule has 3 aromatic carbocycles. The molecule has 0 spiro atoms. The number of hydrogen-bond acceptors (Lipinski definition) is 3. The van der Waals surface area contributed by atoms with Crippen molar-refractivity contribution in [3.8, 4) is 11.1 Å². The predicted molar refractivity (Wildman–Crippen MR) is 117 cm³/mol. The maximum Gasteiger partial charge on any atom is 0.255 e. The fourth-order valence-electron chi connectivity index (χ4n) is 3.45. The number of nitrogens with one attached hydrogen (secondary N) is 1. The van der Waals surface area contributed by atoms with E-state index in [9.17, 15) is 4.79 Å². The molecular weight excluding hydrogens is 358 g/mol. The monoisotopic (exact) mass is 375 g/mol. The van der Waals surface area contributed by atoms with E-state index in [1.807, 2.05) is 72.9 Å². The fourth-order valence-corrected chi connectivity index (χ4v) is 3.45. The van der Waals surface area contributed by atoms with E-state index < -0.39 is 0 Å². The van der Waals surface area contributed by atoms with Gasteiger partial charge in [0.25, 0.3) is 5.91 Å². The number of nitrogens with zero attached hydrogens (tertiary/aromatic N) is 2. The zero-order chi connectivity index (χ0) is 19.6. The van der Waals surface area contributed by atoms with E-state index >= 15 is 0 Å². The van der Waals surface area contributed by atoms with Crippen LogP contribution in [0.25, 0.3) is 32.8 Å². The molecule has 4 heteroatoms. The number of carbonyl (C=O) groups is 1. The van der Waals surface area contributed by atoms with Crippen LogP contribution in [0, 0.1) is 0 Å². The van der Waals surface area contributed by atoms with Gasteiger partial charge in [-0.2, -0.15) is 0 Å². The number of amides is 1. The molecule has 0 unspecified atom stereocenters. The number of aromatic nitrogens is 2. The lowest BCUT2D eigenvalue weighted by Gasteiger charge is -2.08. The molecule has 1 N–H and O–H groups in total. The quantitative estimate of drug-likeness (QED) is 0.440. The fraction of sp³-hybridized carbons (Fsp3) is 0. The van der Waals surface area contributed by atoms with Gasteiger partial charge in [-0.05, 0) is 58.8 Å². The summed E-state index contributed by atoms with van der Waals surface area (Å²) in [5.41, 5.74) is 4.38. The molecule has 0 bridgehead atoms. The summed E-state index contributed by atoms with van der Waals surface area (Å²) in [6.07, 6.45) is 5.36. The Bertz CT molecular complexity index is 1350. The minimum Gasteiger partial charge on any atom is -0.322 e. The molecule has 0 fully saturated rings. The largest absolute Gasteiger partial charge is 0.322 e. The van der Waals surface area contributed by atoms with Gasteiger partial charge in [0.1, 0.15) is 0 Å². The second-order valence-corrected chi connectivity index (χ2v) is 6.88. The molecule has 0 radical (unpaired) electrons. The number of pyridine rings is 2. The molecule has 0 aliphatic carbocycles. The number of hydrogen-bond donors (Lipinski definition) is 1. The Morgan fingerprint density at radius 2 is 1.55 bits per heavy atom. The van der Waals surface area contributed by atoms with Crippen LogP contribution in [-0.2, 0) is 0 Å². The Hall–Kier alpha value is -4.05. The smallest absolute Gasteiger partial charge is 0.255 e. The zero-order valence-electron chi connectivity index (χ0n) is 15.5. The van der Waals surface area contributed by atoms with Gasteiger partial charge < -0.3 is 5.32 Å². The molecule has 5 rings (SSSR count). The van der Waals surface area contributed by atoms with Gasteiger partial charge in [-0.15, -0.1) is 0 Å². The highest BCUT2D eigenvalue weighted by atomic mass is 16.1. The van der Waals surface area contributed by atoms with E-state index in [1.54, 1.807) is 12.4 Å². The van der Waals surface area contributed by atoms with Gasteiger partial charge in [0.15, 0.2) is 0 Å². The Morgan fingerprint density at radius 1 is 0.724 bits per heavy atom. The van der Waals surface area contributed by atoms with Crippen LogP contribution in [0.1, 0.15) is 10.4 Å². The lowest BCUT2D eigenvalue weighted by Crippen LogP contribution is -2.11. The molecule has 29 heavy (non-hydrogen) atoms. The van der Waals surface area contributed by atoms with Gasteiger partial charge in [0, 0.05) is 40.8 Å². The van der Waals surface area contributed by atoms with Crippen molar-refractivity contribution in [2.24, 2.45) is 0 Å². The first-order valence-corrected chi connectivity index (χ1v) is 9.37. The average Bonchev–Trinajstić information content (AvgIpc) is 2.79. The van der Waals surface area contributed by atoms with E-state index in [1.165, 1.54) is 0 Å². The van der Waals surface area contributed by atoms with Crippen molar-refractivity contribution < 1.29 is 4.79 Å². The first-order chi connectivity index (χ1) is 14.3. The highest BCUT2D eigenvalue weighted by molar-refractivity contribution is 6.07. The molecule has 1 amide bonds. The van der Waals surface area contributed by atoms with Gasteiger partial charge in [0.05, 0.1) is 5.52 Å². The molecule has 0 saturated heterocycles. The van der Waals surface area contributed by atoms with Crippen molar-refractivity contribution in [3.05, 3.63) is 103 Å². The van der Waals surface area contributed by atoms with Crippen LogP contribution >= 0.6 is 0 Å². The summed E-state index contributed by atoms with van der Waals surface area (Å²) in [4.78, 5) is 21.3. The third-order valence-corrected chi connectivity index (χ3v) is 4.96. The van der Waals surface area contributed by atoms with Gasteiger partial charge >= 0.3 is 0 Å². The van der Waals surface area contributed by atoms with Crippen molar-refractivity contribution in [1.29, 1.82) is 0 Å². The summed E-state index contributed by atoms with van der Waals surface area (Å²) in [7, 11) is 0. The first kappa shape index (κ1) is 17.1. The Balaban J connectivity index is 1.42. The highest BCUT2D eigenvalue weighted by Crippen LogP contribution is 2.25. The molecule has 0 aliphatic rings. The van der Waals surface area contributed by atoms with Crippen LogP contribution < -0.4 is 5.32 Å². The minimum absolute atomic E-state index is 0.140. The molecule has 0 saturated carbocycles. The van der Waals surface area contributed by atoms with Crippen molar-refractivity contribution >= 4 is 33.3 Å². The van der Waals surface area contributed by atoms with Crippen molar-refractivity contribution in [2.75, 3.05) is 5.32 Å². The summed E-state index contributed by atoms with van der Waals surface area (Å²) in [5, 5.41) is 6.11. The normalized spacial score (nSPS) is 10.9. The van der Waals surface area contributed by atoms with Crippen LogP contribution in [0.4, 0.5) is 5.69 Å². The van der Waals surface area contributed by atoms with Crippen molar-refractivity contribution in [3.63, 3.8) is 0 Å². The number of anilines is 1. The number of rotatable bonds is 3. The number of carbonyl (C=O) groups excluding carboxylic acids is 1. The molecule has 5 aromatic rings. The Morgan fingerprint density at radius 3 is 2.45 bits per heavy atom. The molecule has 0 atom stereocenters. The summed E-state index contributed by atoms with van der Waals surface area (Å²) >= 11 is 0. The van der Waals surface area contributed by atoms with Gasteiger partial charge in [-0.1, -0.05) is 36.4 Å². The van der Waals surface area contributed by atoms with E-state index in [4.69, 9.17) is 0 Å². The summed E-state index contributed by atoms with van der Waals surface area (Å²) in [6, 6.07) is 25.5. The molecule has 2 heterocycles. The van der Waals surface area contributed by atoms with E-state index in [0.29, 0.717) is 5.56 Å².